The molecule has 3 aromatic heterocycles. The molecule has 0 unspecified atom stereocenters. The molecule has 3 aromatic rings. The molecule has 0 saturated heterocycles. The monoisotopic (exact) mass is 357 g/mol. The van der Waals surface area contributed by atoms with Crippen molar-refractivity contribution in [2.24, 2.45) is 0 Å². The van der Waals surface area contributed by atoms with Gasteiger partial charge in [-0.3, -0.25) is 9.78 Å². The Morgan fingerprint density at radius 2 is 1.96 bits per heavy atom. The molecule has 0 bridgehead atoms. The molecular formula is C16H15N5OS2. The highest BCUT2D eigenvalue weighted by Crippen LogP contribution is 2.19. The van der Waals surface area contributed by atoms with E-state index < -0.39 is 0 Å². The van der Waals surface area contributed by atoms with E-state index in [4.69, 9.17) is 0 Å². The van der Waals surface area contributed by atoms with Crippen molar-refractivity contribution in [3.63, 3.8) is 0 Å². The van der Waals surface area contributed by atoms with E-state index in [1.165, 1.54) is 23.1 Å². The number of aromatic nitrogens is 4. The summed E-state index contributed by atoms with van der Waals surface area (Å²) in [5.74, 6) is 1.04. The number of carbonyl (C=O) groups is 1. The first-order valence-corrected chi connectivity index (χ1v) is 9.19. The number of rotatable bonds is 7. The van der Waals surface area contributed by atoms with Gasteiger partial charge in [-0.2, -0.15) is 0 Å². The van der Waals surface area contributed by atoms with Gasteiger partial charge in [0, 0.05) is 48.0 Å². The lowest BCUT2D eigenvalue weighted by molar-refractivity contribution is -0.118. The third kappa shape index (κ3) is 4.84. The smallest absolute Gasteiger partial charge is 0.230 e. The van der Waals surface area contributed by atoms with Gasteiger partial charge in [-0.25, -0.2) is 15.0 Å². The predicted molar refractivity (Wildman–Crippen MR) is 94.8 cm³/mol. The normalized spacial score (nSPS) is 10.5. The maximum atomic E-state index is 11.8. The third-order valence-corrected chi connectivity index (χ3v) is 4.93. The summed E-state index contributed by atoms with van der Waals surface area (Å²) in [6.07, 6.45) is 7.52. The van der Waals surface area contributed by atoms with Crippen LogP contribution in [-0.4, -0.2) is 38.1 Å². The Morgan fingerprint density at radius 1 is 1.17 bits per heavy atom. The first kappa shape index (κ1) is 16.5. The fourth-order valence-electron chi connectivity index (χ4n) is 1.90. The van der Waals surface area contributed by atoms with E-state index in [9.17, 15) is 4.79 Å². The van der Waals surface area contributed by atoms with Crippen molar-refractivity contribution in [2.45, 2.75) is 11.3 Å². The van der Waals surface area contributed by atoms with Crippen molar-refractivity contribution in [3.8, 4) is 10.8 Å². The Hall–Kier alpha value is -2.32. The van der Waals surface area contributed by atoms with Gasteiger partial charge in [0.05, 0.1) is 11.4 Å². The van der Waals surface area contributed by atoms with Crippen LogP contribution in [0.1, 0.15) is 5.69 Å². The number of amides is 1. The first-order chi connectivity index (χ1) is 11.8. The van der Waals surface area contributed by atoms with Crippen molar-refractivity contribution >= 4 is 29.0 Å². The second-order valence-electron chi connectivity index (χ2n) is 4.79. The maximum absolute atomic E-state index is 11.8. The molecule has 0 saturated carbocycles. The highest BCUT2D eigenvalue weighted by atomic mass is 32.2. The van der Waals surface area contributed by atoms with E-state index in [-0.39, 0.29) is 5.91 Å². The van der Waals surface area contributed by atoms with E-state index in [0.29, 0.717) is 24.5 Å². The van der Waals surface area contributed by atoms with Gasteiger partial charge in [0.2, 0.25) is 5.91 Å². The lowest BCUT2D eigenvalue weighted by Crippen LogP contribution is -2.27. The molecule has 0 atom stereocenters. The summed E-state index contributed by atoms with van der Waals surface area (Å²) in [5, 5.41) is 5.68. The van der Waals surface area contributed by atoms with Crippen LogP contribution in [-0.2, 0) is 11.2 Å². The van der Waals surface area contributed by atoms with E-state index >= 15 is 0 Å². The zero-order valence-corrected chi connectivity index (χ0v) is 14.4. The van der Waals surface area contributed by atoms with Crippen molar-refractivity contribution in [1.82, 2.24) is 25.3 Å². The van der Waals surface area contributed by atoms with Gasteiger partial charge in [0.1, 0.15) is 0 Å². The van der Waals surface area contributed by atoms with Crippen LogP contribution in [0.5, 0.6) is 0 Å². The van der Waals surface area contributed by atoms with Crippen LogP contribution in [0.3, 0.4) is 0 Å². The van der Waals surface area contributed by atoms with Crippen LogP contribution in [0.15, 0.2) is 53.3 Å². The van der Waals surface area contributed by atoms with Gasteiger partial charge in [-0.1, -0.05) is 0 Å². The van der Waals surface area contributed by atoms with E-state index in [1.54, 1.807) is 30.9 Å². The number of thiazole rings is 1. The minimum absolute atomic E-state index is 0.0126. The predicted octanol–water partition coefficient (Wildman–Crippen LogP) is 2.45. The zero-order chi connectivity index (χ0) is 16.6. The van der Waals surface area contributed by atoms with Gasteiger partial charge in [-0.05, 0) is 18.2 Å². The molecule has 1 N–H and O–H groups in total. The molecule has 6 nitrogen and oxygen atoms in total. The maximum Gasteiger partial charge on any atom is 0.230 e. The molecule has 0 aliphatic rings. The van der Waals surface area contributed by atoms with Crippen LogP contribution >= 0.6 is 23.1 Å². The molecule has 0 fully saturated rings. The first-order valence-electron chi connectivity index (χ1n) is 7.32. The van der Waals surface area contributed by atoms with E-state index in [0.717, 1.165) is 15.6 Å². The molecule has 1 amide bonds. The molecule has 3 heterocycles. The SMILES string of the molecule is O=C(CSc1ccncc1)NCCc1csc(-c2ncccn2)n1. The van der Waals surface area contributed by atoms with Crippen LogP contribution in [0.25, 0.3) is 10.8 Å². The second-order valence-corrected chi connectivity index (χ2v) is 6.69. The lowest BCUT2D eigenvalue weighted by Gasteiger charge is -2.04. The Morgan fingerprint density at radius 3 is 2.75 bits per heavy atom. The fourth-order valence-corrected chi connectivity index (χ4v) is 3.41. The highest BCUT2D eigenvalue weighted by molar-refractivity contribution is 8.00. The average Bonchev–Trinajstić information content (AvgIpc) is 3.11. The molecule has 24 heavy (non-hydrogen) atoms. The number of thioether (sulfide) groups is 1. The van der Waals surface area contributed by atoms with E-state index in [2.05, 4.69) is 25.3 Å². The molecule has 0 radical (unpaired) electrons. The largest absolute Gasteiger partial charge is 0.355 e. The molecule has 3 rings (SSSR count). The summed E-state index contributed by atoms with van der Waals surface area (Å²) in [4.78, 5) is 29.7. The standard InChI is InChI=1S/C16H15N5OS2/c22-14(11-23-13-3-7-17-8-4-13)18-9-2-12-10-24-16(21-12)15-19-5-1-6-20-15/h1,3-8,10H,2,9,11H2,(H,18,22). The average molecular weight is 357 g/mol. The lowest BCUT2D eigenvalue weighted by atomic mass is 10.3. The number of hydrogen-bond acceptors (Lipinski definition) is 7. The number of carbonyl (C=O) groups excluding carboxylic acids is 1. The quantitative estimate of drug-likeness (QED) is 0.654. The van der Waals surface area contributed by atoms with Crippen LogP contribution in [0.2, 0.25) is 0 Å². The Balaban J connectivity index is 1.42. The summed E-state index contributed by atoms with van der Waals surface area (Å²) in [7, 11) is 0. The van der Waals surface area contributed by atoms with Crippen LogP contribution in [0.4, 0.5) is 0 Å². The van der Waals surface area contributed by atoms with Crippen molar-refractivity contribution in [1.29, 1.82) is 0 Å². The highest BCUT2D eigenvalue weighted by Gasteiger charge is 2.07. The Labute approximate surface area is 147 Å². The molecular weight excluding hydrogens is 342 g/mol. The summed E-state index contributed by atoms with van der Waals surface area (Å²) < 4.78 is 0. The van der Waals surface area contributed by atoms with Crippen LogP contribution < -0.4 is 5.32 Å². The van der Waals surface area contributed by atoms with Gasteiger partial charge >= 0.3 is 0 Å². The van der Waals surface area contributed by atoms with Gasteiger partial charge in [0.25, 0.3) is 0 Å². The number of nitrogens with zero attached hydrogens (tertiary/aromatic N) is 4. The molecule has 8 heteroatoms. The van der Waals surface area contributed by atoms with Crippen molar-refractivity contribution < 1.29 is 4.79 Å². The Kier molecular flexibility index (Phi) is 5.86. The summed E-state index contributed by atoms with van der Waals surface area (Å²) >= 11 is 3.00. The zero-order valence-electron chi connectivity index (χ0n) is 12.8. The number of nitrogens with one attached hydrogen (secondary N) is 1. The number of pyridine rings is 1. The third-order valence-electron chi connectivity index (χ3n) is 3.03. The summed E-state index contributed by atoms with van der Waals surface area (Å²) in [6.45, 7) is 0.564. The molecule has 0 spiro atoms. The van der Waals surface area contributed by atoms with Crippen LogP contribution in [0, 0.1) is 0 Å². The molecule has 0 aliphatic heterocycles. The molecule has 0 aromatic carbocycles. The minimum Gasteiger partial charge on any atom is -0.355 e. The molecule has 0 aliphatic carbocycles. The van der Waals surface area contributed by atoms with E-state index in [1.807, 2.05) is 17.5 Å². The van der Waals surface area contributed by atoms with Gasteiger partial charge < -0.3 is 5.32 Å². The number of hydrogen-bond donors (Lipinski definition) is 1. The topological polar surface area (TPSA) is 80.7 Å². The van der Waals surface area contributed by atoms with Crippen molar-refractivity contribution in [2.75, 3.05) is 12.3 Å². The van der Waals surface area contributed by atoms with Gasteiger partial charge in [-0.15, -0.1) is 23.1 Å². The second kappa shape index (κ2) is 8.51. The fraction of sp³-hybridized carbons (Fsp3) is 0.188. The minimum atomic E-state index is 0.0126. The Bertz CT molecular complexity index is 779. The summed E-state index contributed by atoms with van der Waals surface area (Å²) in [6, 6.07) is 5.55. The van der Waals surface area contributed by atoms with Crippen molar-refractivity contribution in [3.05, 3.63) is 54.1 Å². The molecule has 122 valence electrons. The van der Waals surface area contributed by atoms with Gasteiger partial charge in [0.15, 0.2) is 10.8 Å². The summed E-state index contributed by atoms with van der Waals surface area (Å²) in [5.41, 5.74) is 0.935.